The zero-order chi connectivity index (χ0) is 23.4. The van der Waals surface area contributed by atoms with Crippen molar-refractivity contribution in [3.05, 3.63) is 42.9 Å². The topological polar surface area (TPSA) is 139 Å². The monoisotopic (exact) mass is 449 g/mol. The molecule has 0 saturated carbocycles. The summed E-state index contributed by atoms with van der Waals surface area (Å²) in [5, 5.41) is 11.5. The van der Waals surface area contributed by atoms with Crippen LogP contribution in [0, 0.1) is 0 Å². The van der Waals surface area contributed by atoms with E-state index in [1.165, 1.54) is 0 Å². The maximum Gasteiger partial charge on any atom is 0.163 e. The van der Waals surface area contributed by atoms with Crippen molar-refractivity contribution in [2.24, 2.45) is 5.73 Å². The van der Waals surface area contributed by atoms with Crippen molar-refractivity contribution in [3.8, 4) is 28.5 Å². The third-order valence-electron chi connectivity index (χ3n) is 5.34. The number of rotatable bonds is 9. The van der Waals surface area contributed by atoms with Gasteiger partial charge in [-0.2, -0.15) is 0 Å². The van der Waals surface area contributed by atoms with Crippen LogP contribution >= 0.6 is 0 Å². The summed E-state index contributed by atoms with van der Waals surface area (Å²) in [5.74, 6) is 2.01. The van der Waals surface area contributed by atoms with Crippen LogP contribution in [0.3, 0.4) is 0 Å². The Morgan fingerprint density at radius 2 is 1.85 bits per heavy atom. The van der Waals surface area contributed by atoms with E-state index in [2.05, 4.69) is 15.0 Å². The van der Waals surface area contributed by atoms with Crippen LogP contribution in [0.25, 0.3) is 32.9 Å². The molecule has 172 valence electrons. The molecule has 0 saturated heterocycles. The molecule has 4 aromatic rings. The summed E-state index contributed by atoms with van der Waals surface area (Å²) in [6.07, 6.45) is 5.88. The number of hydrogen-bond donors (Lipinski definition) is 3. The first kappa shape index (κ1) is 22.5. The van der Waals surface area contributed by atoms with Gasteiger partial charge in [-0.1, -0.05) is 6.92 Å². The van der Waals surface area contributed by atoms with Gasteiger partial charge in [0.15, 0.2) is 11.5 Å². The number of aliphatic hydroxyl groups excluding tert-OH is 1. The molecule has 0 amide bonds. The molecule has 1 aromatic carbocycles. The number of fused-ring (bicyclic) bond motifs is 3. The smallest absolute Gasteiger partial charge is 0.163 e. The first-order valence-electron chi connectivity index (χ1n) is 10.7. The van der Waals surface area contributed by atoms with Gasteiger partial charge in [-0.15, -0.1) is 0 Å². The fourth-order valence-electron chi connectivity index (χ4n) is 3.47. The van der Waals surface area contributed by atoms with Crippen LogP contribution in [-0.2, 0) is 0 Å². The Bertz CT molecular complexity index is 1280. The number of nitrogen functional groups attached to an aromatic ring is 1. The molecular weight excluding hydrogens is 422 g/mol. The molecular formula is C24H27N5O4. The van der Waals surface area contributed by atoms with E-state index in [0.29, 0.717) is 40.9 Å². The Kier molecular flexibility index (Phi) is 6.71. The largest absolute Gasteiger partial charge is 0.493 e. The van der Waals surface area contributed by atoms with E-state index in [1.807, 2.05) is 25.1 Å². The molecule has 9 heteroatoms. The number of pyridine rings is 3. The first-order chi connectivity index (χ1) is 16.0. The number of benzene rings is 1. The lowest BCUT2D eigenvalue weighted by atomic mass is 10.0. The predicted octanol–water partition coefficient (Wildman–Crippen LogP) is 2.92. The summed E-state index contributed by atoms with van der Waals surface area (Å²) >= 11 is 0. The van der Waals surface area contributed by atoms with Gasteiger partial charge in [0.25, 0.3) is 0 Å². The predicted molar refractivity (Wildman–Crippen MR) is 128 cm³/mol. The number of ether oxygens (including phenoxy) is 3. The highest BCUT2D eigenvalue weighted by atomic mass is 16.5. The van der Waals surface area contributed by atoms with Gasteiger partial charge in [0.05, 0.1) is 31.1 Å². The van der Waals surface area contributed by atoms with Gasteiger partial charge in [0, 0.05) is 40.8 Å². The van der Waals surface area contributed by atoms with Crippen LogP contribution < -0.4 is 25.7 Å². The third kappa shape index (κ3) is 4.74. The molecule has 0 aliphatic heterocycles. The Morgan fingerprint density at radius 3 is 2.61 bits per heavy atom. The average Bonchev–Trinajstić information content (AvgIpc) is 2.85. The molecule has 0 unspecified atom stereocenters. The van der Waals surface area contributed by atoms with Crippen LogP contribution in [0.15, 0.2) is 42.9 Å². The van der Waals surface area contributed by atoms with Gasteiger partial charge in [-0.05, 0) is 30.0 Å². The maximum absolute atomic E-state index is 9.09. The van der Waals surface area contributed by atoms with E-state index < -0.39 is 0 Å². The van der Waals surface area contributed by atoms with Crippen LogP contribution in [-0.4, -0.2) is 53.0 Å². The summed E-state index contributed by atoms with van der Waals surface area (Å²) in [6, 6.07) is 7.41. The highest BCUT2D eigenvalue weighted by Gasteiger charge is 2.14. The molecule has 0 fully saturated rings. The van der Waals surface area contributed by atoms with Crippen molar-refractivity contribution >= 4 is 27.5 Å². The summed E-state index contributed by atoms with van der Waals surface area (Å²) in [7, 11) is 1.56. The summed E-state index contributed by atoms with van der Waals surface area (Å²) in [4.78, 5) is 13.4. The standard InChI is InChI=1S/C24H27N5O4/c1-3-15(25)13-33-16-6-14(10-27-11-16)20-7-17-18-8-22(31-2)23(32-5-4-30)9-21(18)28-12-19(17)24(26)29-20/h6-12,15,30H,3-5,13,25H2,1-2H3,(H2,26,29)/t15-/m1/s1. The molecule has 3 aromatic heterocycles. The quantitative estimate of drug-likeness (QED) is 0.329. The van der Waals surface area contributed by atoms with E-state index in [1.54, 1.807) is 31.8 Å². The van der Waals surface area contributed by atoms with E-state index in [-0.39, 0.29) is 19.3 Å². The number of nitrogens with two attached hydrogens (primary N) is 2. The molecule has 0 radical (unpaired) electrons. The fourth-order valence-corrected chi connectivity index (χ4v) is 3.47. The lowest BCUT2D eigenvalue weighted by molar-refractivity contribution is 0.196. The first-order valence-corrected chi connectivity index (χ1v) is 10.7. The van der Waals surface area contributed by atoms with E-state index in [0.717, 1.165) is 28.1 Å². The molecule has 5 N–H and O–H groups in total. The number of hydrogen-bond acceptors (Lipinski definition) is 9. The number of aliphatic hydroxyl groups is 1. The highest BCUT2D eigenvalue weighted by Crippen LogP contribution is 2.37. The van der Waals surface area contributed by atoms with Crippen molar-refractivity contribution < 1.29 is 19.3 Å². The summed E-state index contributed by atoms with van der Waals surface area (Å²) in [5.41, 5.74) is 14.4. The van der Waals surface area contributed by atoms with Crippen molar-refractivity contribution in [1.82, 2.24) is 15.0 Å². The van der Waals surface area contributed by atoms with Crippen LogP contribution in [0.2, 0.25) is 0 Å². The number of anilines is 1. The van der Waals surface area contributed by atoms with Crippen molar-refractivity contribution in [1.29, 1.82) is 0 Å². The van der Waals surface area contributed by atoms with Crippen molar-refractivity contribution in [2.75, 3.05) is 32.7 Å². The molecule has 0 aliphatic carbocycles. The Labute approximate surface area is 191 Å². The lowest BCUT2D eigenvalue weighted by Gasteiger charge is -2.14. The van der Waals surface area contributed by atoms with Gasteiger partial charge >= 0.3 is 0 Å². The van der Waals surface area contributed by atoms with Crippen LogP contribution in [0.4, 0.5) is 5.82 Å². The fraction of sp³-hybridized carbons (Fsp3) is 0.292. The third-order valence-corrected chi connectivity index (χ3v) is 5.34. The maximum atomic E-state index is 9.09. The zero-order valence-electron chi connectivity index (χ0n) is 18.6. The highest BCUT2D eigenvalue weighted by molar-refractivity contribution is 6.10. The van der Waals surface area contributed by atoms with Gasteiger partial charge in [-0.3, -0.25) is 9.97 Å². The molecule has 3 heterocycles. The van der Waals surface area contributed by atoms with Crippen LogP contribution in [0.5, 0.6) is 17.2 Å². The minimum atomic E-state index is -0.0981. The Hall–Kier alpha value is -3.69. The molecule has 0 bridgehead atoms. The number of methoxy groups -OCH3 is 1. The number of nitrogens with zero attached hydrogens (tertiary/aromatic N) is 3. The Balaban J connectivity index is 1.80. The molecule has 0 aliphatic rings. The Morgan fingerprint density at radius 1 is 1.00 bits per heavy atom. The van der Waals surface area contributed by atoms with Gasteiger partial charge in [0.2, 0.25) is 0 Å². The molecule has 0 spiro atoms. The average molecular weight is 450 g/mol. The van der Waals surface area contributed by atoms with E-state index in [9.17, 15) is 0 Å². The van der Waals surface area contributed by atoms with Crippen LogP contribution in [0.1, 0.15) is 13.3 Å². The van der Waals surface area contributed by atoms with E-state index >= 15 is 0 Å². The minimum absolute atomic E-state index is 0.0387. The zero-order valence-corrected chi connectivity index (χ0v) is 18.6. The van der Waals surface area contributed by atoms with Gasteiger partial charge < -0.3 is 30.8 Å². The minimum Gasteiger partial charge on any atom is -0.493 e. The second-order valence-electron chi connectivity index (χ2n) is 7.59. The molecule has 33 heavy (non-hydrogen) atoms. The second kappa shape index (κ2) is 9.85. The summed E-state index contributed by atoms with van der Waals surface area (Å²) < 4.78 is 16.9. The molecule has 1 atom stereocenters. The van der Waals surface area contributed by atoms with E-state index in [4.69, 9.17) is 30.8 Å². The lowest BCUT2D eigenvalue weighted by Crippen LogP contribution is -2.26. The SMILES string of the molecule is CC[C@@H](N)COc1cncc(-c2cc3c(cnc4cc(OCCO)c(OC)cc43)c(N)n2)c1. The number of aromatic nitrogens is 3. The van der Waals surface area contributed by atoms with Crippen molar-refractivity contribution in [2.45, 2.75) is 19.4 Å². The molecule has 4 rings (SSSR count). The second-order valence-corrected chi connectivity index (χ2v) is 7.59. The summed E-state index contributed by atoms with van der Waals surface area (Å²) in [6.45, 7) is 2.48. The molecule has 9 nitrogen and oxygen atoms in total. The normalized spacial score (nSPS) is 12.1. The van der Waals surface area contributed by atoms with Gasteiger partial charge in [0.1, 0.15) is 24.8 Å². The van der Waals surface area contributed by atoms with Crippen molar-refractivity contribution in [3.63, 3.8) is 0 Å². The van der Waals surface area contributed by atoms with Gasteiger partial charge in [-0.25, -0.2) is 4.98 Å².